The fourth-order valence-corrected chi connectivity index (χ4v) is 1.03. The van der Waals surface area contributed by atoms with E-state index in [1.165, 1.54) is 11.0 Å². The van der Waals surface area contributed by atoms with Crippen molar-refractivity contribution in [3.8, 4) is 0 Å². The number of fused-ring (bicyclic) bond motifs is 1. The molecule has 0 atom stereocenters. The lowest BCUT2D eigenvalue weighted by atomic mass is 10.5. The molecule has 0 aliphatic heterocycles. The smallest absolute Gasteiger partial charge is 0.290 e. The minimum Gasteiger partial charge on any atom is -0.290 e. The van der Waals surface area contributed by atoms with E-state index in [0.717, 1.165) is 0 Å². The molecule has 0 aliphatic carbocycles. The Morgan fingerprint density at radius 2 is 2.23 bits per heavy atom. The standard InChI is InChI=1S/C6H5N5O2/c1-7-11-2-8-3-4(11)9-6(13)10-5(3)12/h2H,1H2,(H2,9,10,12,13). The van der Waals surface area contributed by atoms with E-state index >= 15 is 0 Å². The van der Waals surface area contributed by atoms with Crippen molar-refractivity contribution in [3.63, 3.8) is 0 Å². The van der Waals surface area contributed by atoms with E-state index in [1.54, 1.807) is 0 Å². The van der Waals surface area contributed by atoms with Crippen molar-refractivity contribution in [2.24, 2.45) is 5.10 Å². The lowest BCUT2D eigenvalue weighted by molar-refractivity contribution is 0.895. The SMILES string of the molecule is C=Nn1cnc2c(=O)[nH]c(=O)[nH]c21. The van der Waals surface area contributed by atoms with Gasteiger partial charge in [-0.2, -0.15) is 5.10 Å². The molecule has 0 saturated carbocycles. The van der Waals surface area contributed by atoms with Gasteiger partial charge in [-0.3, -0.25) is 14.8 Å². The molecule has 0 spiro atoms. The Labute approximate surface area is 70.7 Å². The van der Waals surface area contributed by atoms with Gasteiger partial charge >= 0.3 is 5.69 Å². The van der Waals surface area contributed by atoms with Crippen molar-refractivity contribution >= 4 is 17.9 Å². The maximum absolute atomic E-state index is 11.1. The third kappa shape index (κ3) is 0.975. The predicted octanol–water partition coefficient (Wildman–Crippen LogP) is -1.12. The van der Waals surface area contributed by atoms with Crippen LogP contribution in [0.2, 0.25) is 0 Å². The Hall–Kier alpha value is -2.18. The summed E-state index contributed by atoms with van der Waals surface area (Å²) in [6, 6.07) is 0. The van der Waals surface area contributed by atoms with E-state index in [-0.39, 0.29) is 11.2 Å². The second-order valence-corrected chi connectivity index (χ2v) is 2.34. The second kappa shape index (κ2) is 2.41. The van der Waals surface area contributed by atoms with E-state index < -0.39 is 11.2 Å². The van der Waals surface area contributed by atoms with E-state index in [2.05, 4.69) is 21.8 Å². The average molecular weight is 179 g/mol. The third-order valence-corrected chi connectivity index (χ3v) is 1.58. The molecule has 0 aliphatic rings. The Bertz CT molecular complexity index is 574. The first-order chi connectivity index (χ1) is 6.22. The summed E-state index contributed by atoms with van der Waals surface area (Å²) in [6.07, 6.45) is 1.29. The van der Waals surface area contributed by atoms with Crippen LogP contribution in [0.1, 0.15) is 0 Å². The largest absolute Gasteiger partial charge is 0.327 e. The Morgan fingerprint density at radius 3 is 2.92 bits per heavy atom. The van der Waals surface area contributed by atoms with Crippen molar-refractivity contribution in [1.29, 1.82) is 0 Å². The van der Waals surface area contributed by atoms with Crippen molar-refractivity contribution in [1.82, 2.24) is 19.6 Å². The number of hydrogen-bond acceptors (Lipinski definition) is 4. The zero-order valence-electron chi connectivity index (χ0n) is 6.44. The van der Waals surface area contributed by atoms with Gasteiger partial charge in [0, 0.05) is 6.72 Å². The van der Waals surface area contributed by atoms with Crippen LogP contribution in [0.25, 0.3) is 11.2 Å². The Kier molecular flexibility index (Phi) is 1.38. The number of aromatic nitrogens is 4. The summed E-state index contributed by atoms with van der Waals surface area (Å²) in [7, 11) is 0. The number of H-pyrrole nitrogens is 2. The summed E-state index contributed by atoms with van der Waals surface area (Å²) in [5.74, 6) is 0. The molecule has 7 heteroatoms. The van der Waals surface area contributed by atoms with Crippen molar-refractivity contribution in [2.75, 3.05) is 0 Å². The first-order valence-corrected chi connectivity index (χ1v) is 3.39. The van der Waals surface area contributed by atoms with Crippen LogP contribution in [0, 0.1) is 0 Å². The molecule has 0 amide bonds. The highest BCUT2D eigenvalue weighted by atomic mass is 16.2. The van der Waals surface area contributed by atoms with Gasteiger partial charge in [0.25, 0.3) is 5.56 Å². The highest BCUT2D eigenvalue weighted by Crippen LogP contribution is 2.00. The van der Waals surface area contributed by atoms with Crippen LogP contribution in [0.3, 0.4) is 0 Å². The highest BCUT2D eigenvalue weighted by molar-refractivity contribution is 5.68. The molecule has 2 heterocycles. The summed E-state index contributed by atoms with van der Waals surface area (Å²) >= 11 is 0. The monoisotopic (exact) mass is 179 g/mol. The summed E-state index contributed by atoms with van der Waals surface area (Å²) in [5.41, 5.74) is -0.764. The molecule has 2 aromatic rings. The summed E-state index contributed by atoms with van der Waals surface area (Å²) in [4.78, 5) is 30.1. The predicted molar refractivity (Wildman–Crippen MR) is 45.9 cm³/mol. The third-order valence-electron chi connectivity index (χ3n) is 1.58. The van der Waals surface area contributed by atoms with Crippen molar-refractivity contribution < 1.29 is 0 Å². The molecule has 0 fully saturated rings. The molecule has 0 bridgehead atoms. The van der Waals surface area contributed by atoms with E-state index in [0.29, 0.717) is 0 Å². The first-order valence-electron chi connectivity index (χ1n) is 3.39. The number of rotatable bonds is 1. The lowest BCUT2D eigenvalue weighted by Crippen LogP contribution is -2.22. The zero-order valence-corrected chi connectivity index (χ0v) is 6.44. The number of nitrogens with zero attached hydrogens (tertiary/aromatic N) is 3. The molecule has 0 aromatic carbocycles. The van der Waals surface area contributed by atoms with Crippen LogP contribution in [0.5, 0.6) is 0 Å². The first kappa shape index (κ1) is 7.47. The molecule has 0 radical (unpaired) electrons. The van der Waals surface area contributed by atoms with E-state index in [9.17, 15) is 9.59 Å². The van der Waals surface area contributed by atoms with Crippen LogP contribution >= 0.6 is 0 Å². The Morgan fingerprint density at radius 1 is 1.46 bits per heavy atom. The van der Waals surface area contributed by atoms with E-state index in [1.807, 2.05) is 4.98 Å². The van der Waals surface area contributed by atoms with Crippen LogP contribution < -0.4 is 11.2 Å². The van der Waals surface area contributed by atoms with E-state index in [4.69, 9.17) is 0 Å². The van der Waals surface area contributed by atoms with Crippen molar-refractivity contribution in [2.45, 2.75) is 0 Å². The van der Waals surface area contributed by atoms with Crippen LogP contribution in [0.4, 0.5) is 0 Å². The molecule has 66 valence electrons. The van der Waals surface area contributed by atoms with Gasteiger partial charge in [-0.15, -0.1) is 0 Å². The number of imidazole rings is 1. The summed E-state index contributed by atoms with van der Waals surface area (Å²) < 4.78 is 1.21. The molecule has 2 N–H and O–H groups in total. The van der Waals surface area contributed by atoms with Crippen LogP contribution in [-0.4, -0.2) is 26.3 Å². The molecule has 7 nitrogen and oxygen atoms in total. The fourth-order valence-electron chi connectivity index (χ4n) is 1.03. The molecular formula is C6H5N5O2. The molecule has 13 heavy (non-hydrogen) atoms. The van der Waals surface area contributed by atoms with Crippen molar-refractivity contribution in [3.05, 3.63) is 27.2 Å². The van der Waals surface area contributed by atoms with Gasteiger partial charge in [-0.1, -0.05) is 0 Å². The molecule has 2 aromatic heterocycles. The fraction of sp³-hybridized carbons (Fsp3) is 0. The van der Waals surface area contributed by atoms with Gasteiger partial charge in [0.05, 0.1) is 0 Å². The van der Waals surface area contributed by atoms with Gasteiger partial charge < -0.3 is 0 Å². The maximum atomic E-state index is 11.1. The molecular weight excluding hydrogens is 174 g/mol. The van der Waals surface area contributed by atoms with Crippen LogP contribution in [-0.2, 0) is 0 Å². The highest BCUT2D eigenvalue weighted by Gasteiger charge is 2.05. The number of nitrogens with one attached hydrogen (secondary N) is 2. The lowest BCUT2D eigenvalue weighted by Gasteiger charge is -1.91. The summed E-state index contributed by atoms with van der Waals surface area (Å²) in [6.45, 7) is 3.25. The zero-order chi connectivity index (χ0) is 9.42. The maximum Gasteiger partial charge on any atom is 0.327 e. The molecule has 0 saturated heterocycles. The second-order valence-electron chi connectivity index (χ2n) is 2.34. The molecule has 2 rings (SSSR count). The average Bonchev–Trinajstić information content (AvgIpc) is 2.47. The van der Waals surface area contributed by atoms with Gasteiger partial charge in [0.2, 0.25) is 0 Å². The van der Waals surface area contributed by atoms with Gasteiger partial charge in [0.15, 0.2) is 11.2 Å². The normalized spacial score (nSPS) is 10.5. The number of hydrogen-bond donors (Lipinski definition) is 2. The van der Waals surface area contributed by atoms with Crippen LogP contribution in [0.15, 0.2) is 21.0 Å². The topological polar surface area (TPSA) is 95.9 Å². The molecule has 0 unspecified atom stereocenters. The van der Waals surface area contributed by atoms with Gasteiger partial charge in [-0.25, -0.2) is 14.5 Å². The van der Waals surface area contributed by atoms with Gasteiger partial charge in [-0.05, 0) is 0 Å². The quantitative estimate of drug-likeness (QED) is 0.542. The number of aromatic amines is 2. The summed E-state index contributed by atoms with van der Waals surface area (Å²) in [5, 5.41) is 3.52. The Balaban J connectivity index is 3.06. The minimum absolute atomic E-state index is 0.131. The van der Waals surface area contributed by atoms with Gasteiger partial charge in [0.1, 0.15) is 6.33 Å². The minimum atomic E-state index is -0.595.